The molecule has 30 heavy (non-hydrogen) atoms. The number of fused-ring (bicyclic) bond motifs is 9. The van der Waals surface area contributed by atoms with Crippen molar-refractivity contribution in [3.63, 3.8) is 0 Å². The average Bonchev–Trinajstić information content (AvgIpc) is 2.81. The molecule has 0 spiro atoms. The molecular weight excluding hydrogens is 360 g/mol. The van der Waals surface area contributed by atoms with Crippen molar-refractivity contribution >= 4 is 64.6 Å². The second-order valence-corrected chi connectivity index (χ2v) is 8.23. The predicted molar refractivity (Wildman–Crippen MR) is 131 cm³/mol. The monoisotopic (exact) mass is 378 g/mol. The Balaban J connectivity index is 1.76. The largest absolute Gasteiger partial charge is 0.0616 e. The second kappa shape index (κ2) is 5.81. The van der Waals surface area contributed by atoms with Crippen molar-refractivity contribution in [2.24, 2.45) is 0 Å². The molecule has 0 nitrogen and oxygen atoms in total. The number of benzene rings is 7. The molecule has 0 aliphatic heterocycles. The molecule has 0 heterocycles. The molecule has 0 aliphatic rings. The quantitative estimate of drug-likeness (QED) is 0.183. The van der Waals surface area contributed by atoms with Crippen LogP contribution in [0.3, 0.4) is 0 Å². The van der Waals surface area contributed by atoms with Gasteiger partial charge in [-0.2, -0.15) is 0 Å². The van der Waals surface area contributed by atoms with E-state index in [1.54, 1.807) is 0 Å². The van der Waals surface area contributed by atoms with Gasteiger partial charge in [-0.05, 0) is 101 Å². The van der Waals surface area contributed by atoms with Gasteiger partial charge in [-0.25, -0.2) is 0 Å². The summed E-state index contributed by atoms with van der Waals surface area (Å²) in [5, 5.41) is 15.7. The van der Waals surface area contributed by atoms with Crippen molar-refractivity contribution in [2.75, 3.05) is 0 Å². The molecular formula is C30H18. The van der Waals surface area contributed by atoms with E-state index in [9.17, 15) is 0 Å². The highest BCUT2D eigenvalue weighted by Gasteiger charge is 2.11. The molecule has 0 bridgehead atoms. The van der Waals surface area contributed by atoms with Crippen LogP contribution >= 0.6 is 0 Å². The fourth-order valence-electron chi connectivity index (χ4n) is 5.08. The zero-order valence-electron chi connectivity index (χ0n) is 16.4. The molecule has 0 radical (unpaired) electrons. The minimum atomic E-state index is 1.29. The van der Waals surface area contributed by atoms with Crippen LogP contribution in [0.4, 0.5) is 0 Å². The van der Waals surface area contributed by atoms with Crippen molar-refractivity contribution in [3.05, 3.63) is 109 Å². The second-order valence-electron chi connectivity index (χ2n) is 8.23. The van der Waals surface area contributed by atoms with Crippen LogP contribution in [0.1, 0.15) is 0 Å². The first kappa shape index (κ1) is 16.0. The highest BCUT2D eigenvalue weighted by Crippen LogP contribution is 2.39. The molecule has 0 amide bonds. The van der Waals surface area contributed by atoms with Crippen molar-refractivity contribution < 1.29 is 0 Å². The standard InChI is InChI=1S/C30H18/c1-2-8-20-14-24-18-30-28(17-23(24)13-19(20)7-1)26-12-6-5-11-25(26)27-15-21-9-3-4-10-22(21)16-29(27)30/h1-18H. The number of hydrogen-bond acceptors (Lipinski definition) is 0. The van der Waals surface area contributed by atoms with Crippen LogP contribution < -0.4 is 0 Å². The molecule has 0 aromatic heterocycles. The summed E-state index contributed by atoms with van der Waals surface area (Å²) in [6.45, 7) is 0. The van der Waals surface area contributed by atoms with Crippen LogP contribution in [0.15, 0.2) is 109 Å². The SMILES string of the molecule is c1ccc2cc3cc4c(cc3cc2c1)c1ccccc1c1cc2ccccc2cc14. The number of hydrogen-bond donors (Lipinski definition) is 0. The Labute approximate surface area is 174 Å². The summed E-state index contributed by atoms with van der Waals surface area (Å²) < 4.78 is 0. The van der Waals surface area contributed by atoms with Crippen molar-refractivity contribution in [1.29, 1.82) is 0 Å². The van der Waals surface area contributed by atoms with Gasteiger partial charge in [0.15, 0.2) is 0 Å². The fourth-order valence-corrected chi connectivity index (χ4v) is 5.08. The molecule has 0 N–H and O–H groups in total. The Kier molecular flexibility index (Phi) is 3.09. The molecule has 7 aromatic rings. The van der Waals surface area contributed by atoms with Gasteiger partial charge in [0.2, 0.25) is 0 Å². The summed E-state index contributed by atoms with van der Waals surface area (Å²) in [5.74, 6) is 0. The van der Waals surface area contributed by atoms with Crippen molar-refractivity contribution in [2.45, 2.75) is 0 Å². The molecule has 0 aliphatic carbocycles. The van der Waals surface area contributed by atoms with Crippen LogP contribution in [0, 0.1) is 0 Å². The summed E-state index contributed by atoms with van der Waals surface area (Å²) in [6, 6.07) is 40.3. The average molecular weight is 378 g/mol. The van der Waals surface area contributed by atoms with E-state index in [4.69, 9.17) is 0 Å². The van der Waals surface area contributed by atoms with E-state index in [1.165, 1.54) is 64.6 Å². The Morgan fingerprint density at radius 1 is 0.233 bits per heavy atom. The van der Waals surface area contributed by atoms with Gasteiger partial charge < -0.3 is 0 Å². The molecule has 0 saturated carbocycles. The van der Waals surface area contributed by atoms with Crippen LogP contribution in [-0.4, -0.2) is 0 Å². The van der Waals surface area contributed by atoms with E-state index >= 15 is 0 Å². The van der Waals surface area contributed by atoms with E-state index in [1.807, 2.05) is 0 Å². The molecule has 7 rings (SSSR count). The highest BCUT2D eigenvalue weighted by molar-refractivity contribution is 6.29. The lowest BCUT2D eigenvalue weighted by Gasteiger charge is -2.13. The fraction of sp³-hybridized carbons (Fsp3) is 0. The summed E-state index contributed by atoms with van der Waals surface area (Å²) in [7, 11) is 0. The molecule has 0 fully saturated rings. The molecule has 0 unspecified atom stereocenters. The van der Waals surface area contributed by atoms with Crippen LogP contribution in [-0.2, 0) is 0 Å². The zero-order chi connectivity index (χ0) is 19.7. The first-order chi connectivity index (χ1) is 14.8. The predicted octanol–water partition coefficient (Wildman–Crippen LogP) is 8.61. The van der Waals surface area contributed by atoms with Gasteiger partial charge in [0.05, 0.1) is 0 Å². The maximum atomic E-state index is 2.39. The first-order valence-electron chi connectivity index (χ1n) is 10.4. The minimum Gasteiger partial charge on any atom is -0.0616 e. The lowest BCUT2D eigenvalue weighted by atomic mass is 9.90. The zero-order valence-corrected chi connectivity index (χ0v) is 16.4. The number of rotatable bonds is 0. The third kappa shape index (κ3) is 2.16. The summed E-state index contributed by atoms with van der Waals surface area (Å²) in [5.41, 5.74) is 0. The smallest absolute Gasteiger partial charge is 0.00923 e. The van der Waals surface area contributed by atoms with Gasteiger partial charge in [-0.15, -0.1) is 0 Å². The van der Waals surface area contributed by atoms with E-state index in [2.05, 4.69) is 109 Å². The first-order valence-corrected chi connectivity index (χ1v) is 10.4. The van der Waals surface area contributed by atoms with Crippen LogP contribution in [0.25, 0.3) is 64.6 Å². The van der Waals surface area contributed by atoms with E-state index in [-0.39, 0.29) is 0 Å². The Morgan fingerprint density at radius 2 is 0.533 bits per heavy atom. The maximum Gasteiger partial charge on any atom is -0.00923 e. The van der Waals surface area contributed by atoms with Gasteiger partial charge in [0.25, 0.3) is 0 Å². The summed E-state index contributed by atoms with van der Waals surface area (Å²) in [4.78, 5) is 0. The molecule has 0 saturated heterocycles. The van der Waals surface area contributed by atoms with Crippen LogP contribution in [0.5, 0.6) is 0 Å². The third-order valence-electron chi connectivity index (χ3n) is 6.52. The van der Waals surface area contributed by atoms with Gasteiger partial charge in [0, 0.05) is 0 Å². The van der Waals surface area contributed by atoms with Crippen LogP contribution in [0.2, 0.25) is 0 Å². The molecule has 7 aromatic carbocycles. The van der Waals surface area contributed by atoms with Crippen molar-refractivity contribution in [3.8, 4) is 0 Å². The van der Waals surface area contributed by atoms with Crippen molar-refractivity contribution in [1.82, 2.24) is 0 Å². The Bertz CT molecular complexity index is 1790. The normalized spacial score (nSPS) is 12.0. The maximum absolute atomic E-state index is 2.39. The molecule has 0 atom stereocenters. The van der Waals surface area contributed by atoms with E-state index in [0.29, 0.717) is 0 Å². The Hall–Kier alpha value is -3.90. The third-order valence-corrected chi connectivity index (χ3v) is 6.52. The topological polar surface area (TPSA) is 0 Å². The van der Waals surface area contributed by atoms with Gasteiger partial charge in [-0.3, -0.25) is 0 Å². The molecule has 0 heteroatoms. The highest BCUT2D eigenvalue weighted by atomic mass is 14.1. The van der Waals surface area contributed by atoms with E-state index in [0.717, 1.165) is 0 Å². The molecule has 138 valence electrons. The van der Waals surface area contributed by atoms with Gasteiger partial charge in [0.1, 0.15) is 0 Å². The Morgan fingerprint density at radius 3 is 0.967 bits per heavy atom. The van der Waals surface area contributed by atoms with Gasteiger partial charge in [-0.1, -0.05) is 72.8 Å². The minimum absolute atomic E-state index is 1.29. The summed E-state index contributed by atoms with van der Waals surface area (Å²) in [6.07, 6.45) is 0. The summed E-state index contributed by atoms with van der Waals surface area (Å²) >= 11 is 0. The lowest BCUT2D eigenvalue weighted by Crippen LogP contribution is -1.85. The van der Waals surface area contributed by atoms with Gasteiger partial charge >= 0.3 is 0 Å². The lowest BCUT2D eigenvalue weighted by molar-refractivity contribution is 1.78. The van der Waals surface area contributed by atoms with E-state index < -0.39 is 0 Å².